The molecule has 0 spiro atoms. The quantitative estimate of drug-likeness (QED) is 0.105. The van der Waals surface area contributed by atoms with Crippen LogP contribution in [-0.4, -0.2) is 72.7 Å². The molecule has 0 N–H and O–H groups in total. The molecule has 1 amide bonds. The van der Waals surface area contributed by atoms with Crippen molar-refractivity contribution in [2.45, 2.75) is 84.3 Å². The summed E-state index contributed by atoms with van der Waals surface area (Å²) in [7, 11) is -1.35. The second kappa shape index (κ2) is 14.1. The molecule has 226 valence electrons. The van der Waals surface area contributed by atoms with Gasteiger partial charge in [-0.15, -0.1) is 6.58 Å². The van der Waals surface area contributed by atoms with Gasteiger partial charge in [-0.2, -0.15) is 0 Å². The van der Waals surface area contributed by atoms with Crippen LogP contribution in [0.4, 0.5) is 4.79 Å². The van der Waals surface area contributed by atoms with Crippen LogP contribution in [0, 0.1) is 0 Å². The second-order valence-corrected chi connectivity index (χ2v) is 18.8. The molecule has 11 heteroatoms. The molecule has 1 aromatic carbocycles. The van der Waals surface area contributed by atoms with Crippen molar-refractivity contribution in [2.24, 2.45) is 0 Å². The van der Waals surface area contributed by atoms with Gasteiger partial charge in [-0.1, -0.05) is 53.8 Å². The van der Waals surface area contributed by atoms with Gasteiger partial charge in [-0.3, -0.25) is 9.47 Å². The lowest BCUT2D eigenvalue weighted by Gasteiger charge is -2.28. The molecule has 1 fully saturated rings. The highest BCUT2D eigenvalue weighted by atomic mass is 79.9. The topological polar surface area (TPSA) is 92.1 Å². The Morgan fingerprint density at radius 1 is 1.20 bits per heavy atom. The zero-order valence-electron chi connectivity index (χ0n) is 25.4. The smallest absolute Gasteiger partial charge is 0.411 e. The lowest BCUT2D eigenvalue weighted by atomic mass is 10.1. The van der Waals surface area contributed by atoms with Gasteiger partial charge in [0.05, 0.1) is 31.9 Å². The third-order valence-electron chi connectivity index (χ3n) is 6.44. The molecule has 2 aromatic rings. The molecule has 1 saturated heterocycles. The highest BCUT2D eigenvalue weighted by Gasteiger charge is 2.43. The summed E-state index contributed by atoms with van der Waals surface area (Å²) in [5.41, 5.74) is 0.825. The lowest BCUT2D eigenvalue weighted by Crippen LogP contribution is -2.38. The molecule has 0 aliphatic carbocycles. The van der Waals surface area contributed by atoms with Crippen molar-refractivity contribution < 1.29 is 28.5 Å². The number of esters is 1. The predicted octanol–water partition coefficient (Wildman–Crippen LogP) is 7.05. The van der Waals surface area contributed by atoms with Crippen LogP contribution in [0.2, 0.25) is 25.7 Å². The fourth-order valence-corrected chi connectivity index (χ4v) is 5.52. The van der Waals surface area contributed by atoms with Gasteiger partial charge in [0, 0.05) is 31.1 Å². The number of carbonyl (C=O) groups excluding carboxylic acids is 2. The first-order valence-corrected chi connectivity index (χ1v) is 18.6. The molecule has 41 heavy (non-hydrogen) atoms. The average molecular weight is 651 g/mol. The normalized spacial score (nSPS) is 17.5. The van der Waals surface area contributed by atoms with Gasteiger partial charge in [-0.25, -0.2) is 14.6 Å². The number of imidazole rings is 1. The Labute approximate surface area is 253 Å². The summed E-state index contributed by atoms with van der Waals surface area (Å²) >= 11 is 3.48. The van der Waals surface area contributed by atoms with E-state index in [1.807, 2.05) is 45.0 Å². The maximum atomic E-state index is 13.5. The number of hydrogen-bond donors (Lipinski definition) is 0. The second-order valence-electron chi connectivity index (χ2n) is 12.3. The fourth-order valence-electron chi connectivity index (χ4n) is 4.49. The van der Waals surface area contributed by atoms with Crippen LogP contribution in [0.1, 0.15) is 56.5 Å². The number of nitrogens with zero attached hydrogens (tertiary/aromatic N) is 3. The lowest BCUT2D eigenvalue weighted by molar-refractivity contribution is 0.0167. The van der Waals surface area contributed by atoms with Crippen molar-refractivity contribution >= 4 is 36.1 Å². The first-order valence-electron chi connectivity index (χ1n) is 14.1. The van der Waals surface area contributed by atoms with Crippen LogP contribution in [0.25, 0.3) is 11.3 Å². The van der Waals surface area contributed by atoms with Gasteiger partial charge in [-0.05, 0) is 45.9 Å². The van der Waals surface area contributed by atoms with E-state index in [2.05, 4.69) is 42.1 Å². The Balaban J connectivity index is 2.15. The van der Waals surface area contributed by atoms with E-state index in [4.69, 9.17) is 23.9 Å². The van der Waals surface area contributed by atoms with Crippen molar-refractivity contribution in [3.63, 3.8) is 0 Å². The Morgan fingerprint density at radius 2 is 1.88 bits per heavy atom. The summed E-state index contributed by atoms with van der Waals surface area (Å²) in [5, 5.41) is 0. The van der Waals surface area contributed by atoms with Gasteiger partial charge in [0.15, 0.2) is 5.69 Å². The molecule has 0 bridgehead atoms. The van der Waals surface area contributed by atoms with Crippen LogP contribution < -0.4 is 0 Å². The van der Waals surface area contributed by atoms with Gasteiger partial charge in [0.25, 0.3) is 0 Å². The number of rotatable bonds is 12. The highest BCUT2D eigenvalue weighted by Crippen LogP contribution is 2.38. The highest BCUT2D eigenvalue weighted by molar-refractivity contribution is 9.10. The minimum atomic E-state index is -1.35. The van der Waals surface area contributed by atoms with E-state index in [-0.39, 0.29) is 25.1 Å². The Morgan fingerprint density at radius 3 is 2.46 bits per heavy atom. The van der Waals surface area contributed by atoms with E-state index in [0.717, 1.165) is 16.1 Å². The van der Waals surface area contributed by atoms with E-state index in [1.165, 1.54) is 0 Å². The van der Waals surface area contributed by atoms with Crippen molar-refractivity contribution in [1.29, 1.82) is 0 Å². The van der Waals surface area contributed by atoms with Crippen molar-refractivity contribution in [1.82, 2.24) is 14.5 Å². The minimum absolute atomic E-state index is 0.0916. The van der Waals surface area contributed by atoms with E-state index in [9.17, 15) is 9.59 Å². The summed E-state index contributed by atoms with van der Waals surface area (Å²) in [6.07, 6.45) is 1.43. The molecule has 9 nitrogen and oxygen atoms in total. The van der Waals surface area contributed by atoms with Crippen LogP contribution in [0.3, 0.4) is 0 Å². The number of aromatic nitrogens is 2. The molecular formula is C30H44BrN3O6Si. The first-order chi connectivity index (χ1) is 19.2. The summed E-state index contributed by atoms with van der Waals surface area (Å²) in [4.78, 5) is 33.6. The largest absolute Gasteiger partial charge is 0.461 e. The number of carbonyl (C=O) groups is 2. The molecule has 3 rings (SSSR count). The van der Waals surface area contributed by atoms with Gasteiger partial charge in [0.1, 0.15) is 23.9 Å². The van der Waals surface area contributed by atoms with E-state index >= 15 is 0 Å². The van der Waals surface area contributed by atoms with Crippen molar-refractivity contribution in [3.05, 3.63) is 52.9 Å². The summed E-state index contributed by atoms with van der Waals surface area (Å²) in [6, 6.07) is 8.04. The van der Waals surface area contributed by atoms with Gasteiger partial charge >= 0.3 is 12.1 Å². The maximum absolute atomic E-state index is 13.5. The number of hydrogen-bond acceptors (Lipinski definition) is 7. The van der Waals surface area contributed by atoms with Crippen molar-refractivity contribution in [2.75, 3.05) is 26.4 Å². The molecule has 2 atom stereocenters. The molecular weight excluding hydrogens is 606 g/mol. The summed E-state index contributed by atoms with van der Waals surface area (Å²) < 4.78 is 26.1. The summed E-state index contributed by atoms with van der Waals surface area (Å²) in [6.45, 7) is 19.4. The molecule has 1 aromatic heterocycles. The number of likely N-dealkylation sites (tertiary alicyclic amines) is 1. The molecule has 0 saturated carbocycles. The summed E-state index contributed by atoms with van der Waals surface area (Å²) in [5.74, 6) is 0.0220. The minimum Gasteiger partial charge on any atom is -0.461 e. The zero-order valence-corrected chi connectivity index (χ0v) is 28.0. The first kappa shape index (κ1) is 33.0. The zero-order chi connectivity index (χ0) is 30.4. The average Bonchev–Trinajstić information content (AvgIpc) is 3.46. The molecule has 2 unspecified atom stereocenters. The fraction of sp³-hybridized carbons (Fsp3) is 0.567. The Bertz CT molecular complexity index is 1200. The predicted molar refractivity (Wildman–Crippen MR) is 166 cm³/mol. The third-order valence-corrected chi connectivity index (χ3v) is 8.67. The number of ether oxygens (including phenoxy) is 4. The monoisotopic (exact) mass is 649 g/mol. The third kappa shape index (κ3) is 9.26. The van der Waals surface area contributed by atoms with E-state index in [0.29, 0.717) is 37.7 Å². The molecule has 2 heterocycles. The number of benzene rings is 1. The van der Waals surface area contributed by atoms with Crippen LogP contribution >= 0.6 is 15.9 Å². The number of halogens is 1. The molecule has 1 aliphatic rings. The SMILES string of the molecule is C=CCOC1CC(c2nc(-c3ccc(Br)cc3)c(C(=O)OCC)n2COCC[Si](C)(C)C)N(C(=O)OC(C)(C)C)C1. The maximum Gasteiger partial charge on any atom is 0.411 e. The van der Waals surface area contributed by atoms with Crippen LogP contribution in [-0.2, 0) is 25.7 Å². The standard InChI is InChI=1S/C30H44BrN3O6Si/c1-9-15-39-23-18-24(33(19-23)29(36)40-30(3,4)5)27-32-25(21-11-13-22(31)14-12-21)26(28(35)38-10-2)34(27)20-37-16-17-41(6,7)8/h9,11-14,23-24H,1,10,15-20H2,2-8H3. The Hall–Kier alpha value is -2.47. The Kier molecular flexibility index (Phi) is 11.4. The van der Waals surface area contributed by atoms with Crippen molar-refractivity contribution in [3.8, 4) is 11.3 Å². The molecule has 0 radical (unpaired) electrons. The molecule has 1 aliphatic heterocycles. The van der Waals surface area contributed by atoms with Gasteiger partial charge < -0.3 is 18.9 Å². The van der Waals surface area contributed by atoms with E-state index in [1.54, 1.807) is 22.5 Å². The van der Waals surface area contributed by atoms with Gasteiger partial charge in [0.2, 0.25) is 0 Å². The number of amides is 1. The van der Waals surface area contributed by atoms with E-state index < -0.39 is 31.8 Å². The van der Waals surface area contributed by atoms with Crippen LogP contribution in [0.15, 0.2) is 41.4 Å². The van der Waals surface area contributed by atoms with Crippen LogP contribution in [0.5, 0.6) is 0 Å².